The molecule has 0 N–H and O–H groups in total. The molecule has 0 amide bonds. The molecule has 0 fully saturated rings. The van der Waals surface area contributed by atoms with Gasteiger partial charge in [-0.3, -0.25) is 0 Å². The van der Waals surface area contributed by atoms with Crippen LogP contribution in [0.15, 0.2) is 205 Å². The number of rotatable bonds is 6. The van der Waals surface area contributed by atoms with Crippen LogP contribution < -0.4 is 4.90 Å². The lowest BCUT2D eigenvalue weighted by Crippen LogP contribution is -2.11. The largest absolute Gasteiger partial charge is 0.455 e. The van der Waals surface area contributed by atoms with Crippen molar-refractivity contribution in [3.8, 4) is 33.4 Å². The summed E-state index contributed by atoms with van der Waals surface area (Å²) in [6.07, 6.45) is 0. The van der Waals surface area contributed by atoms with Gasteiger partial charge in [0.25, 0.3) is 0 Å². The van der Waals surface area contributed by atoms with E-state index in [1.54, 1.807) is 0 Å². The van der Waals surface area contributed by atoms with Gasteiger partial charge in [-0.1, -0.05) is 140 Å². The molecule has 0 atom stereocenters. The maximum absolute atomic E-state index is 6.44. The summed E-state index contributed by atoms with van der Waals surface area (Å²) in [5.74, 6) is 0. The molecule has 55 heavy (non-hydrogen) atoms. The molecule has 258 valence electrons. The molecular weight excluding hydrogens is 687 g/mol. The van der Waals surface area contributed by atoms with Gasteiger partial charge in [-0.05, 0) is 93.7 Å². The van der Waals surface area contributed by atoms with E-state index >= 15 is 0 Å². The SMILES string of the molecule is c1cc(-c2ccc3ccccc3c2)cc(N(c2ccc(-c3cccc4c3oc3ccccc34)cc2)c2ccccc2-c2ccc3sc4ccccc4c3c2)c1. The first kappa shape index (κ1) is 31.6. The van der Waals surface area contributed by atoms with Gasteiger partial charge in [0.2, 0.25) is 0 Å². The Balaban J connectivity index is 1.08. The van der Waals surface area contributed by atoms with Crippen molar-refractivity contribution < 1.29 is 4.42 Å². The Morgan fingerprint density at radius 1 is 0.364 bits per heavy atom. The van der Waals surface area contributed by atoms with Gasteiger partial charge in [0.05, 0.1) is 5.69 Å². The van der Waals surface area contributed by atoms with Crippen LogP contribution in [0.2, 0.25) is 0 Å². The summed E-state index contributed by atoms with van der Waals surface area (Å²) in [7, 11) is 0. The van der Waals surface area contributed by atoms with Gasteiger partial charge in [0, 0.05) is 53.4 Å². The zero-order valence-corrected chi connectivity index (χ0v) is 30.6. The Morgan fingerprint density at radius 2 is 1.04 bits per heavy atom. The van der Waals surface area contributed by atoms with Crippen LogP contribution in [0.1, 0.15) is 0 Å². The summed E-state index contributed by atoms with van der Waals surface area (Å²) < 4.78 is 9.06. The van der Waals surface area contributed by atoms with Crippen LogP contribution in [0.5, 0.6) is 0 Å². The number of thiophene rings is 1. The summed E-state index contributed by atoms with van der Waals surface area (Å²) in [6, 6.07) is 72.3. The standard InChI is InChI=1S/C52H33NOS/c1-2-12-36-31-38(24-23-34(36)11-1)37-13-9-14-41(32-37)53(40-28-25-35(26-29-40)43-18-10-19-46-44-16-4-7-21-49(44)54-52(43)46)48-20-6-3-15-42(48)39-27-30-51-47(33-39)45-17-5-8-22-50(45)55-51/h1-33H. The average Bonchev–Trinajstić information content (AvgIpc) is 3.82. The summed E-state index contributed by atoms with van der Waals surface area (Å²) in [6.45, 7) is 0. The number of furan rings is 1. The molecule has 0 spiro atoms. The highest BCUT2D eigenvalue weighted by Gasteiger charge is 2.20. The van der Waals surface area contributed by atoms with Gasteiger partial charge in [0.1, 0.15) is 11.2 Å². The first-order valence-corrected chi connectivity index (χ1v) is 19.5. The maximum Gasteiger partial charge on any atom is 0.143 e. The van der Waals surface area contributed by atoms with Crippen molar-refractivity contribution in [2.45, 2.75) is 0 Å². The zero-order valence-electron chi connectivity index (χ0n) is 29.8. The van der Waals surface area contributed by atoms with Crippen LogP contribution >= 0.6 is 11.3 Å². The van der Waals surface area contributed by atoms with Crippen molar-refractivity contribution in [1.29, 1.82) is 0 Å². The number of para-hydroxylation sites is 3. The number of benzene rings is 9. The second-order valence-corrected chi connectivity index (χ2v) is 15.2. The molecule has 0 aliphatic rings. The van der Waals surface area contributed by atoms with Crippen LogP contribution in [0.3, 0.4) is 0 Å². The second-order valence-electron chi connectivity index (χ2n) is 14.1. The highest BCUT2D eigenvalue weighted by atomic mass is 32.1. The minimum atomic E-state index is 0.907. The molecule has 0 unspecified atom stereocenters. The topological polar surface area (TPSA) is 16.4 Å². The molecule has 0 saturated carbocycles. The average molecular weight is 720 g/mol. The molecule has 0 aliphatic heterocycles. The third-order valence-corrected chi connectivity index (χ3v) is 12.0. The van der Waals surface area contributed by atoms with Crippen LogP contribution in [0, 0.1) is 0 Å². The van der Waals surface area contributed by atoms with Gasteiger partial charge in [0.15, 0.2) is 0 Å². The quantitative estimate of drug-likeness (QED) is 0.170. The molecule has 9 aromatic carbocycles. The van der Waals surface area contributed by atoms with Crippen molar-refractivity contribution >= 4 is 81.3 Å². The monoisotopic (exact) mass is 719 g/mol. The van der Waals surface area contributed by atoms with Crippen LogP contribution in [-0.2, 0) is 0 Å². The van der Waals surface area contributed by atoms with E-state index in [-0.39, 0.29) is 0 Å². The van der Waals surface area contributed by atoms with E-state index in [4.69, 9.17) is 4.42 Å². The minimum absolute atomic E-state index is 0.907. The molecule has 0 bridgehead atoms. The lowest BCUT2D eigenvalue weighted by molar-refractivity contribution is 0.670. The summed E-state index contributed by atoms with van der Waals surface area (Å²) in [4.78, 5) is 2.40. The van der Waals surface area contributed by atoms with Crippen molar-refractivity contribution in [2.24, 2.45) is 0 Å². The Bertz CT molecular complexity index is 3220. The molecule has 2 heterocycles. The van der Waals surface area contributed by atoms with Crippen LogP contribution in [0.4, 0.5) is 17.1 Å². The van der Waals surface area contributed by atoms with Gasteiger partial charge in [-0.2, -0.15) is 0 Å². The van der Waals surface area contributed by atoms with Crippen LogP contribution in [0.25, 0.3) is 86.3 Å². The minimum Gasteiger partial charge on any atom is -0.455 e. The Morgan fingerprint density at radius 3 is 1.96 bits per heavy atom. The van der Waals surface area contributed by atoms with E-state index in [2.05, 4.69) is 193 Å². The molecule has 2 nitrogen and oxygen atoms in total. The van der Waals surface area contributed by atoms with Gasteiger partial charge in [-0.15, -0.1) is 11.3 Å². The fraction of sp³-hybridized carbons (Fsp3) is 0. The molecule has 0 aliphatic carbocycles. The number of anilines is 3. The van der Waals surface area contributed by atoms with Crippen molar-refractivity contribution in [1.82, 2.24) is 0 Å². The van der Waals surface area contributed by atoms with Crippen LogP contribution in [-0.4, -0.2) is 0 Å². The Kier molecular flexibility index (Phi) is 7.39. The van der Waals surface area contributed by atoms with E-state index in [1.165, 1.54) is 53.2 Å². The predicted octanol–water partition coefficient (Wildman–Crippen LogP) is 15.6. The fourth-order valence-electron chi connectivity index (χ4n) is 8.19. The first-order chi connectivity index (χ1) is 27.2. The molecule has 0 saturated heterocycles. The normalized spacial score (nSPS) is 11.6. The molecule has 0 radical (unpaired) electrons. The van der Waals surface area contributed by atoms with E-state index in [9.17, 15) is 0 Å². The molecule has 11 rings (SSSR count). The first-order valence-electron chi connectivity index (χ1n) is 18.7. The van der Waals surface area contributed by atoms with Crippen molar-refractivity contribution in [3.05, 3.63) is 200 Å². The zero-order chi connectivity index (χ0) is 36.3. The highest BCUT2D eigenvalue weighted by molar-refractivity contribution is 7.25. The van der Waals surface area contributed by atoms with Crippen molar-refractivity contribution in [3.63, 3.8) is 0 Å². The fourth-order valence-corrected chi connectivity index (χ4v) is 9.28. The number of hydrogen-bond acceptors (Lipinski definition) is 3. The van der Waals surface area contributed by atoms with E-state index in [0.29, 0.717) is 0 Å². The van der Waals surface area contributed by atoms with Gasteiger partial charge >= 0.3 is 0 Å². The highest BCUT2D eigenvalue weighted by Crippen LogP contribution is 2.45. The molecular formula is C52H33NOS. The number of fused-ring (bicyclic) bond motifs is 7. The molecule has 3 heteroatoms. The Hall–Kier alpha value is -6.94. The smallest absolute Gasteiger partial charge is 0.143 e. The summed E-state index contributed by atoms with van der Waals surface area (Å²) in [5.41, 5.74) is 12.0. The third-order valence-electron chi connectivity index (χ3n) is 10.9. The van der Waals surface area contributed by atoms with E-state index < -0.39 is 0 Å². The van der Waals surface area contributed by atoms with Gasteiger partial charge in [-0.25, -0.2) is 0 Å². The lowest BCUT2D eigenvalue weighted by atomic mass is 9.98. The summed E-state index contributed by atoms with van der Waals surface area (Å²) in [5, 5.41) is 7.34. The molecule has 2 aromatic heterocycles. The number of hydrogen-bond donors (Lipinski definition) is 0. The van der Waals surface area contributed by atoms with E-state index in [0.717, 1.165) is 50.1 Å². The third kappa shape index (κ3) is 5.40. The molecule has 11 aromatic rings. The summed E-state index contributed by atoms with van der Waals surface area (Å²) >= 11 is 1.85. The number of nitrogens with zero attached hydrogens (tertiary/aromatic N) is 1. The maximum atomic E-state index is 6.44. The van der Waals surface area contributed by atoms with Crippen molar-refractivity contribution in [2.75, 3.05) is 4.90 Å². The van der Waals surface area contributed by atoms with Gasteiger partial charge < -0.3 is 9.32 Å². The second kappa shape index (κ2) is 12.9. The van der Waals surface area contributed by atoms with E-state index in [1.807, 2.05) is 23.5 Å². The Labute approximate surface area is 322 Å². The lowest BCUT2D eigenvalue weighted by Gasteiger charge is -2.28. The predicted molar refractivity (Wildman–Crippen MR) is 235 cm³/mol.